The van der Waals surface area contributed by atoms with E-state index in [0.717, 1.165) is 6.54 Å². The molecule has 0 aromatic carbocycles. The van der Waals surface area contributed by atoms with E-state index in [4.69, 9.17) is 11.6 Å². The number of allylic oxidation sites excluding steroid dienone is 1. The SMILES string of the molecule is C=N/C(Cl)=C\C(=C/C)CN1CCCC1. The first-order chi connectivity index (χ1) is 6.76. The number of hydrogen-bond donors (Lipinski definition) is 0. The summed E-state index contributed by atoms with van der Waals surface area (Å²) in [6.45, 7) is 8.78. The average molecular weight is 213 g/mol. The molecule has 0 aliphatic carbocycles. The summed E-state index contributed by atoms with van der Waals surface area (Å²) in [5, 5.41) is 0.470. The Hall–Kier alpha value is -0.600. The quantitative estimate of drug-likeness (QED) is 0.398. The van der Waals surface area contributed by atoms with E-state index in [2.05, 4.69) is 22.7 Å². The van der Waals surface area contributed by atoms with Crippen LogP contribution >= 0.6 is 11.6 Å². The normalized spacial score (nSPS) is 20.1. The highest BCUT2D eigenvalue weighted by atomic mass is 35.5. The predicted molar refractivity (Wildman–Crippen MR) is 62.9 cm³/mol. The summed E-state index contributed by atoms with van der Waals surface area (Å²) in [5.74, 6) is 0. The topological polar surface area (TPSA) is 15.6 Å². The summed E-state index contributed by atoms with van der Waals surface area (Å²) in [7, 11) is 0. The maximum atomic E-state index is 5.80. The fourth-order valence-electron chi connectivity index (χ4n) is 1.62. The maximum absolute atomic E-state index is 5.80. The molecular formula is C11H17ClN2. The Labute approximate surface area is 91.0 Å². The lowest BCUT2D eigenvalue weighted by Crippen LogP contribution is -2.21. The van der Waals surface area contributed by atoms with Crippen molar-refractivity contribution in [2.24, 2.45) is 4.99 Å². The van der Waals surface area contributed by atoms with Crippen LogP contribution in [0.4, 0.5) is 0 Å². The lowest BCUT2D eigenvalue weighted by atomic mass is 10.2. The van der Waals surface area contributed by atoms with E-state index in [9.17, 15) is 0 Å². The van der Waals surface area contributed by atoms with Crippen molar-refractivity contribution in [3.63, 3.8) is 0 Å². The fraction of sp³-hybridized carbons (Fsp3) is 0.545. The molecule has 0 saturated carbocycles. The molecule has 0 unspecified atom stereocenters. The van der Waals surface area contributed by atoms with Gasteiger partial charge in [0.25, 0.3) is 0 Å². The largest absolute Gasteiger partial charge is 0.299 e. The van der Waals surface area contributed by atoms with E-state index in [1.54, 1.807) is 0 Å². The average Bonchev–Trinajstić information content (AvgIpc) is 2.69. The fourth-order valence-corrected chi connectivity index (χ4v) is 1.76. The van der Waals surface area contributed by atoms with E-state index < -0.39 is 0 Å². The standard InChI is InChI=1S/C11H17ClN2/c1-3-10(8-11(12)13-2)9-14-6-4-5-7-14/h3,8H,2,4-7,9H2,1H3/b10-3+,11-8-. The first-order valence-corrected chi connectivity index (χ1v) is 5.35. The van der Waals surface area contributed by atoms with Crippen molar-refractivity contribution >= 4 is 18.3 Å². The van der Waals surface area contributed by atoms with Gasteiger partial charge in [0.05, 0.1) is 0 Å². The Morgan fingerprint density at radius 1 is 1.50 bits per heavy atom. The van der Waals surface area contributed by atoms with Gasteiger partial charge in [-0.15, -0.1) is 0 Å². The van der Waals surface area contributed by atoms with Crippen molar-refractivity contribution < 1.29 is 0 Å². The van der Waals surface area contributed by atoms with Crippen LogP contribution in [0.3, 0.4) is 0 Å². The minimum absolute atomic E-state index is 0.470. The van der Waals surface area contributed by atoms with Gasteiger partial charge < -0.3 is 0 Å². The Bertz CT molecular complexity index is 250. The second-order valence-electron chi connectivity index (χ2n) is 3.47. The van der Waals surface area contributed by atoms with Gasteiger partial charge in [-0.05, 0) is 51.2 Å². The second kappa shape index (κ2) is 5.99. The smallest absolute Gasteiger partial charge is 0.128 e. The zero-order valence-corrected chi connectivity index (χ0v) is 9.43. The van der Waals surface area contributed by atoms with Gasteiger partial charge in [-0.25, -0.2) is 0 Å². The van der Waals surface area contributed by atoms with Crippen LogP contribution in [-0.4, -0.2) is 31.3 Å². The molecule has 1 aliphatic rings. The zero-order chi connectivity index (χ0) is 10.4. The van der Waals surface area contributed by atoms with E-state index >= 15 is 0 Å². The molecule has 1 fully saturated rings. The van der Waals surface area contributed by atoms with Crippen molar-refractivity contribution in [1.82, 2.24) is 4.90 Å². The first-order valence-electron chi connectivity index (χ1n) is 4.97. The third kappa shape index (κ3) is 3.64. The van der Waals surface area contributed by atoms with Crippen molar-refractivity contribution in [3.8, 4) is 0 Å². The van der Waals surface area contributed by atoms with Gasteiger partial charge in [0.2, 0.25) is 0 Å². The molecular weight excluding hydrogens is 196 g/mol. The van der Waals surface area contributed by atoms with Crippen molar-refractivity contribution in [2.45, 2.75) is 19.8 Å². The molecule has 0 amide bonds. The predicted octanol–water partition coefficient (Wildman–Crippen LogP) is 2.81. The number of hydrogen-bond acceptors (Lipinski definition) is 2. The van der Waals surface area contributed by atoms with Gasteiger partial charge in [-0.2, -0.15) is 0 Å². The monoisotopic (exact) mass is 212 g/mol. The summed E-state index contributed by atoms with van der Waals surface area (Å²) in [6, 6.07) is 0. The molecule has 0 spiro atoms. The highest BCUT2D eigenvalue weighted by molar-refractivity contribution is 6.29. The molecule has 14 heavy (non-hydrogen) atoms. The zero-order valence-electron chi connectivity index (χ0n) is 8.67. The Balaban J connectivity index is 2.50. The summed E-state index contributed by atoms with van der Waals surface area (Å²) in [6.07, 6.45) is 6.58. The van der Waals surface area contributed by atoms with Gasteiger partial charge in [-0.1, -0.05) is 17.7 Å². The van der Waals surface area contributed by atoms with Gasteiger partial charge in [0, 0.05) is 6.54 Å². The van der Waals surface area contributed by atoms with Crippen LogP contribution in [0.5, 0.6) is 0 Å². The molecule has 0 atom stereocenters. The first kappa shape index (κ1) is 11.5. The molecule has 1 heterocycles. The van der Waals surface area contributed by atoms with Gasteiger partial charge in [0.15, 0.2) is 0 Å². The van der Waals surface area contributed by atoms with Crippen molar-refractivity contribution in [3.05, 3.63) is 22.9 Å². The highest BCUT2D eigenvalue weighted by Gasteiger charge is 2.11. The molecule has 1 rings (SSSR count). The number of likely N-dealkylation sites (tertiary alicyclic amines) is 1. The number of rotatable bonds is 4. The number of aliphatic imine (C=N–C) groups is 1. The van der Waals surface area contributed by atoms with Gasteiger partial charge in [0.1, 0.15) is 5.16 Å². The molecule has 0 bridgehead atoms. The third-order valence-corrected chi connectivity index (χ3v) is 2.66. The third-order valence-electron chi connectivity index (χ3n) is 2.43. The molecule has 1 saturated heterocycles. The molecule has 2 nitrogen and oxygen atoms in total. The molecule has 3 heteroatoms. The van der Waals surface area contributed by atoms with Crippen molar-refractivity contribution in [1.29, 1.82) is 0 Å². The highest BCUT2D eigenvalue weighted by Crippen LogP contribution is 2.13. The summed E-state index contributed by atoms with van der Waals surface area (Å²) in [4.78, 5) is 6.10. The number of nitrogens with zero attached hydrogens (tertiary/aromatic N) is 2. The lowest BCUT2D eigenvalue weighted by Gasteiger charge is -2.14. The molecule has 1 aliphatic heterocycles. The van der Waals surface area contributed by atoms with E-state index in [1.807, 2.05) is 13.0 Å². The minimum atomic E-state index is 0.470. The molecule has 0 aromatic rings. The van der Waals surface area contributed by atoms with Crippen LogP contribution in [0.1, 0.15) is 19.8 Å². The Morgan fingerprint density at radius 2 is 2.14 bits per heavy atom. The van der Waals surface area contributed by atoms with E-state index in [1.165, 1.54) is 31.5 Å². The van der Waals surface area contributed by atoms with Gasteiger partial charge >= 0.3 is 0 Å². The summed E-state index contributed by atoms with van der Waals surface area (Å²) >= 11 is 5.80. The minimum Gasteiger partial charge on any atom is -0.299 e. The Morgan fingerprint density at radius 3 is 2.64 bits per heavy atom. The van der Waals surface area contributed by atoms with Crippen LogP contribution in [0, 0.1) is 0 Å². The molecule has 0 N–H and O–H groups in total. The van der Waals surface area contributed by atoms with Crippen molar-refractivity contribution in [2.75, 3.05) is 19.6 Å². The summed E-state index contributed by atoms with van der Waals surface area (Å²) < 4.78 is 0. The van der Waals surface area contributed by atoms with Crippen LogP contribution < -0.4 is 0 Å². The molecule has 0 aromatic heterocycles. The van der Waals surface area contributed by atoms with Gasteiger partial charge in [-0.3, -0.25) is 9.89 Å². The Kier molecular flexibility index (Phi) is 4.91. The second-order valence-corrected chi connectivity index (χ2v) is 3.86. The van der Waals surface area contributed by atoms with E-state index in [0.29, 0.717) is 5.16 Å². The maximum Gasteiger partial charge on any atom is 0.128 e. The van der Waals surface area contributed by atoms with Crippen LogP contribution in [-0.2, 0) is 0 Å². The van der Waals surface area contributed by atoms with E-state index in [-0.39, 0.29) is 0 Å². The summed E-state index contributed by atoms with van der Waals surface area (Å²) in [5.41, 5.74) is 1.21. The molecule has 78 valence electrons. The van der Waals surface area contributed by atoms with Crippen LogP contribution in [0.15, 0.2) is 27.9 Å². The van der Waals surface area contributed by atoms with Crippen LogP contribution in [0.25, 0.3) is 0 Å². The lowest BCUT2D eigenvalue weighted by molar-refractivity contribution is 0.371. The number of halogens is 1. The molecule has 0 radical (unpaired) electrons. The van der Waals surface area contributed by atoms with Crippen LogP contribution in [0.2, 0.25) is 0 Å².